The van der Waals surface area contributed by atoms with Crippen LogP contribution in [0, 0.1) is 0 Å². The highest BCUT2D eigenvalue weighted by Gasteiger charge is 2.07. The predicted octanol–water partition coefficient (Wildman–Crippen LogP) is 3.21. The van der Waals surface area contributed by atoms with Crippen LogP contribution < -0.4 is 10.6 Å². The van der Waals surface area contributed by atoms with Crippen LogP contribution in [-0.2, 0) is 11.3 Å². The number of aliphatic imine (C=N–C) groups is 1. The number of nitrogens with zero attached hydrogens (tertiary/aromatic N) is 2. The second-order valence-electron chi connectivity index (χ2n) is 5.72. The van der Waals surface area contributed by atoms with E-state index in [9.17, 15) is 0 Å². The van der Waals surface area contributed by atoms with Gasteiger partial charge in [-0.05, 0) is 12.8 Å². The van der Waals surface area contributed by atoms with Crippen molar-refractivity contribution in [2.75, 3.05) is 26.8 Å². The lowest BCUT2D eigenvalue weighted by Crippen LogP contribution is -2.37. The second-order valence-corrected chi connectivity index (χ2v) is 5.72. The summed E-state index contributed by atoms with van der Waals surface area (Å²) < 4.78 is 10.9. The topological polar surface area (TPSA) is 71.7 Å². The molecule has 6 nitrogen and oxygen atoms in total. The molecule has 0 spiro atoms. The highest BCUT2D eigenvalue weighted by molar-refractivity contribution is 5.79. The first kappa shape index (κ1) is 19.0. The Balaban J connectivity index is 1.68. The van der Waals surface area contributed by atoms with Gasteiger partial charge in [0.25, 0.3) is 0 Å². The average molecular weight is 344 g/mol. The number of benzene rings is 1. The summed E-state index contributed by atoms with van der Waals surface area (Å²) >= 11 is 0. The third kappa shape index (κ3) is 6.97. The zero-order valence-corrected chi connectivity index (χ0v) is 15.1. The number of hydrogen-bond donors (Lipinski definition) is 2. The normalized spacial score (nSPS) is 11.5. The first-order chi connectivity index (χ1) is 12.3. The standard InChI is InChI=1S/C19H28N4O2/c1-3-4-12-24-13-8-11-21-19(20-2)22-15-17-14-18(25-23-17)16-9-6-5-7-10-16/h5-7,9-10,14H,3-4,8,11-13,15H2,1-2H3,(H2,20,21,22). The first-order valence-electron chi connectivity index (χ1n) is 8.86. The third-order valence-corrected chi connectivity index (χ3v) is 3.68. The summed E-state index contributed by atoms with van der Waals surface area (Å²) in [5, 5.41) is 10.6. The predicted molar refractivity (Wildman–Crippen MR) is 100 cm³/mol. The molecule has 0 bridgehead atoms. The van der Waals surface area contributed by atoms with Crippen molar-refractivity contribution in [1.82, 2.24) is 15.8 Å². The number of hydrogen-bond acceptors (Lipinski definition) is 4. The van der Waals surface area contributed by atoms with Gasteiger partial charge in [-0.2, -0.15) is 0 Å². The van der Waals surface area contributed by atoms with E-state index in [1.54, 1.807) is 7.05 Å². The average Bonchev–Trinajstić information content (AvgIpc) is 3.13. The molecule has 136 valence electrons. The van der Waals surface area contributed by atoms with Gasteiger partial charge in [0.05, 0.1) is 6.54 Å². The molecule has 0 unspecified atom stereocenters. The molecule has 0 saturated heterocycles. The Morgan fingerprint density at radius 1 is 1.16 bits per heavy atom. The van der Waals surface area contributed by atoms with E-state index in [0.717, 1.165) is 55.6 Å². The maximum atomic E-state index is 5.54. The Kier molecular flexibility index (Phi) is 8.55. The molecule has 0 amide bonds. The monoisotopic (exact) mass is 344 g/mol. The summed E-state index contributed by atoms with van der Waals surface area (Å²) in [6.45, 7) is 5.16. The van der Waals surface area contributed by atoms with E-state index < -0.39 is 0 Å². The van der Waals surface area contributed by atoms with Gasteiger partial charge in [-0.3, -0.25) is 4.99 Å². The zero-order valence-electron chi connectivity index (χ0n) is 15.1. The van der Waals surface area contributed by atoms with E-state index in [1.807, 2.05) is 36.4 Å². The zero-order chi connectivity index (χ0) is 17.7. The van der Waals surface area contributed by atoms with Crippen LogP contribution in [0.5, 0.6) is 0 Å². The fourth-order valence-electron chi connectivity index (χ4n) is 2.26. The number of ether oxygens (including phenoxy) is 1. The highest BCUT2D eigenvalue weighted by Crippen LogP contribution is 2.19. The van der Waals surface area contributed by atoms with Gasteiger partial charge in [0.1, 0.15) is 5.69 Å². The van der Waals surface area contributed by atoms with Gasteiger partial charge in [0.15, 0.2) is 11.7 Å². The summed E-state index contributed by atoms with van der Waals surface area (Å²) in [6, 6.07) is 11.9. The minimum Gasteiger partial charge on any atom is -0.381 e. The molecular weight excluding hydrogens is 316 g/mol. The molecule has 0 saturated carbocycles. The lowest BCUT2D eigenvalue weighted by atomic mass is 10.2. The molecule has 1 aromatic carbocycles. The summed E-state index contributed by atoms with van der Waals surface area (Å²) in [7, 11) is 1.76. The van der Waals surface area contributed by atoms with Crippen molar-refractivity contribution in [3.63, 3.8) is 0 Å². The van der Waals surface area contributed by atoms with E-state index in [4.69, 9.17) is 9.26 Å². The molecular formula is C19H28N4O2. The number of guanidine groups is 1. The van der Waals surface area contributed by atoms with Crippen LogP contribution in [0.15, 0.2) is 45.9 Å². The van der Waals surface area contributed by atoms with Gasteiger partial charge in [-0.1, -0.05) is 48.8 Å². The van der Waals surface area contributed by atoms with Crippen LogP contribution >= 0.6 is 0 Å². The molecule has 2 aromatic rings. The lowest BCUT2D eigenvalue weighted by Gasteiger charge is -2.10. The molecule has 25 heavy (non-hydrogen) atoms. The van der Waals surface area contributed by atoms with Crippen molar-refractivity contribution in [2.45, 2.75) is 32.7 Å². The third-order valence-electron chi connectivity index (χ3n) is 3.68. The maximum Gasteiger partial charge on any atom is 0.191 e. The molecule has 6 heteroatoms. The summed E-state index contributed by atoms with van der Waals surface area (Å²) in [4.78, 5) is 4.21. The van der Waals surface area contributed by atoms with Gasteiger partial charge >= 0.3 is 0 Å². The molecule has 2 rings (SSSR count). The van der Waals surface area contributed by atoms with Gasteiger partial charge in [-0.25, -0.2) is 0 Å². The Bertz CT molecular complexity index is 625. The minimum atomic E-state index is 0.559. The van der Waals surface area contributed by atoms with Crippen molar-refractivity contribution in [3.8, 4) is 11.3 Å². The van der Waals surface area contributed by atoms with E-state index in [-0.39, 0.29) is 0 Å². The molecule has 0 aliphatic rings. The second kappa shape index (κ2) is 11.3. The van der Waals surface area contributed by atoms with Gasteiger partial charge in [0, 0.05) is 38.4 Å². The van der Waals surface area contributed by atoms with Gasteiger partial charge < -0.3 is 19.9 Å². The molecule has 2 N–H and O–H groups in total. The van der Waals surface area contributed by atoms with E-state index >= 15 is 0 Å². The van der Waals surface area contributed by atoms with Crippen molar-refractivity contribution in [2.24, 2.45) is 4.99 Å². The summed E-state index contributed by atoms with van der Waals surface area (Å²) in [5.74, 6) is 1.52. The van der Waals surface area contributed by atoms with E-state index in [2.05, 4.69) is 27.7 Å². The van der Waals surface area contributed by atoms with Crippen molar-refractivity contribution >= 4 is 5.96 Å². The molecule has 0 aliphatic heterocycles. The fraction of sp³-hybridized carbons (Fsp3) is 0.474. The Hall–Kier alpha value is -2.34. The quantitative estimate of drug-likeness (QED) is 0.393. The fourth-order valence-corrected chi connectivity index (χ4v) is 2.26. The Morgan fingerprint density at radius 3 is 2.72 bits per heavy atom. The van der Waals surface area contributed by atoms with Gasteiger partial charge in [-0.15, -0.1) is 0 Å². The van der Waals surface area contributed by atoms with Crippen molar-refractivity contribution in [3.05, 3.63) is 42.1 Å². The number of nitrogens with one attached hydrogen (secondary N) is 2. The molecule has 0 atom stereocenters. The van der Waals surface area contributed by atoms with Crippen molar-refractivity contribution < 1.29 is 9.26 Å². The van der Waals surface area contributed by atoms with Gasteiger partial charge in [0.2, 0.25) is 0 Å². The molecule has 0 fully saturated rings. The summed E-state index contributed by atoms with van der Waals surface area (Å²) in [5.41, 5.74) is 1.86. The van der Waals surface area contributed by atoms with Crippen LogP contribution in [0.1, 0.15) is 31.9 Å². The number of aromatic nitrogens is 1. The molecule has 0 aliphatic carbocycles. The first-order valence-corrected chi connectivity index (χ1v) is 8.86. The van der Waals surface area contributed by atoms with Crippen LogP contribution in [0.25, 0.3) is 11.3 Å². The number of unbranched alkanes of at least 4 members (excludes halogenated alkanes) is 1. The van der Waals surface area contributed by atoms with E-state index in [0.29, 0.717) is 6.54 Å². The van der Waals surface area contributed by atoms with Crippen LogP contribution in [0.4, 0.5) is 0 Å². The Morgan fingerprint density at radius 2 is 1.96 bits per heavy atom. The Labute approximate surface area is 149 Å². The van der Waals surface area contributed by atoms with Crippen LogP contribution in [0.3, 0.4) is 0 Å². The largest absolute Gasteiger partial charge is 0.381 e. The number of rotatable bonds is 10. The van der Waals surface area contributed by atoms with Crippen molar-refractivity contribution in [1.29, 1.82) is 0 Å². The lowest BCUT2D eigenvalue weighted by molar-refractivity contribution is 0.129. The van der Waals surface area contributed by atoms with E-state index in [1.165, 1.54) is 6.42 Å². The highest BCUT2D eigenvalue weighted by atomic mass is 16.5. The smallest absolute Gasteiger partial charge is 0.191 e. The SMILES string of the molecule is CCCCOCCCNC(=NC)NCc1cc(-c2ccccc2)on1. The summed E-state index contributed by atoms with van der Waals surface area (Å²) in [6.07, 6.45) is 3.24. The molecule has 1 heterocycles. The molecule has 0 radical (unpaired) electrons. The van der Waals surface area contributed by atoms with Crippen LogP contribution in [-0.4, -0.2) is 37.9 Å². The molecule has 1 aromatic heterocycles. The maximum absolute atomic E-state index is 5.54. The van der Waals surface area contributed by atoms with Crippen LogP contribution in [0.2, 0.25) is 0 Å². The minimum absolute atomic E-state index is 0.559.